The first kappa shape index (κ1) is 12.0. The molecule has 0 aromatic heterocycles. The summed E-state index contributed by atoms with van der Waals surface area (Å²) in [4.78, 5) is 10.9. The Morgan fingerprint density at radius 1 is 1.35 bits per heavy atom. The van der Waals surface area contributed by atoms with E-state index in [1.54, 1.807) is 0 Å². The molecule has 0 saturated heterocycles. The Morgan fingerprint density at radius 2 is 2.12 bits per heavy atom. The van der Waals surface area contributed by atoms with Crippen molar-refractivity contribution in [2.45, 2.75) is 12.4 Å². The highest BCUT2D eigenvalue weighted by molar-refractivity contribution is 5.91. The third kappa shape index (κ3) is 3.49. The predicted octanol–water partition coefficient (Wildman–Crippen LogP) is 1.05. The number of benzene rings is 1. The van der Waals surface area contributed by atoms with Gasteiger partial charge >= 0.3 is 0 Å². The molecule has 4 nitrogen and oxygen atoms in total. The molecule has 17 heavy (non-hydrogen) atoms. The van der Waals surface area contributed by atoms with Crippen LogP contribution in [-0.2, 0) is 20.9 Å². The van der Waals surface area contributed by atoms with Crippen molar-refractivity contribution in [2.75, 3.05) is 13.2 Å². The molecule has 1 aliphatic heterocycles. The van der Waals surface area contributed by atoms with Crippen LogP contribution in [0, 0.1) is 0 Å². The molecule has 0 aliphatic carbocycles. The van der Waals surface area contributed by atoms with Gasteiger partial charge in [-0.2, -0.15) is 0 Å². The lowest BCUT2D eigenvalue weighted by Gasteiger charge is -2.26. The van der Waals surface area contributed by atoms with Gasteiger partial charge in [-0.05, 0) is 17.7 Å². The predicted molar refractivity (Wildman–Crippen MR) is 61.1 cm³/mol. The Labute approximate surface area is 99.5 Å². The maximum absolute atomic E-state index is 10.9. The molecule has 1 N–H and O–H groups in total. The first-order valence-electron chi connectivity index (χ1n) is 5.38. The van der Waals surface area contributed by atoms with Crippen LogP contribution in [0.25, 0.3) is 0 Å². The zero-order valence-corrected chi connectivity index (χ0v) is 9.33. The fraction of sp³-hybridized carbons (Fsp3) is 0.308. The maximum atomic E-state index is 10.9. The fourth-order valence-electron chi connectivity index (χ4n) is 1.49. The van der Waals surface area contributed by atoms with Gasteiger partial charge in [0.05, 0.1) is 6.61 Å². The van der Waals surface area contributed by atoms with Crippen molar-refractivity contribution in [2.24, 2.45) is 0 Å². The van der Waals surface area contributed by atoms with Crippen LogP contribution in [0.5, 0.6) is 0 Å². The monoisotopic (exact) mass is 234 g/mol. The summed E-state index contributed by atoms with van der Waals surface area (Å²) in [6.07, 6.45) is 2.64. The second kappa shape index (κ2) is 5.23. The van der Waals surface area contributed by atoms with E-state index < -0.39 is 5.79 Å². The third-order valence-electron chi connectivity index (χ3n) is 2.41. The number of ether oxygens (including phenoxy) is 2. The van der Waals surface area contributed by atoms with Gasteiger partial charge < -0.3 is 14.6 Å². The minimum Gasteiger partial charge on any atom is -0.371 e. The molecule has 4 heteroatoms. The summed E-state index contributed by atoms with van der Waals surface area (Å²) in [6, 6.07) is 9.64. The van der Waals surface area contributed by atoms with Crippen molar-refractivity contribution in [1.29, 1.82) is 0 Å². The quantitative estimate of drug-likeness (QED) is 0.846. The number of aliphatic hydroxyl groups is 1. The smallest absolute Gasteiger partial charge is 0.210 e. The zero-order chi connectivity index (χ0) is 12.1. The van der Waals surface area contributed by atoms with E-state index in [-0.39, 0.29) is 19.0 Å². The van der Waals surface area contributed by atoms with Crippen LogP contribution in [0.2, 0.25) is 0 Å². The van der Waals surface area contributed by atoms with Crippen molar-refractivity contribution < 1.29 is 19.4 Å². The van der Waals surface area contributed by atoms with Crippen molar-refractivity contribution >= 4 is 5.78 Å². The fourth-order valence-corrected chi connectivity index (χ4v) is 1.49. The average molecular weight is 234 g/mol. The van der Waals surface area contributed by atoms with Gasteiger partial charge in [-0.1, -0.05) is 30.3 Å². The molecule has 0 saturated carbocycles. The number of carbonyl (C=O) groups excluding carboxylic acids is 1. The summed E-state index contributed by atoms with van der Waals surface area (Å²) >= 11 is 0. The van der Waals surface area contributed by atoms with E-state index in [2.05, 4.69) is 0 Å². The number of hydrogen-bond acceptors (Lipinski definition) is 4. The largest absolute Gasteiger partial charge is 0.371 e. The van der Waals surface area contributed by atoms with Crippen LogP contribution in [-0.4, -0.2) is 29.9 Å². The summed E-state index contributed by atoms with van der Waals surface area (Å²) in [7, 11) is 0. The molecule has 0 fully saturated rings. The molecule has 0 radical (unpaired) electrons. The van der Waals surface area contributed by atoms with E-state index in [1.807, 2.05) is 30.3 Å². The number of carbonyl (C=O) groups is 1. The van der Waals surface area contributed by atoms with Gasteiger partial charge in [0.1, 0.15) is 13.2 Å². The minimum absolute atomic E-state index is 0.00563. The average Bonchev–Trinajstić information content (AvgIpc) is 2.35. The van der Waals surface area contributed by atoms with E-state index in [4.69, 9.17) is 9.47 Å². The second-order valence-electron chi connectivity index (χ2n) is 3.91. The van der Waals surface area contributed by atoms with Gasteiger partial charge in [0.2, 0.25) is 5.79 Å². The van der Waals surface area contributed by atoms with Crippen molar-refractivity contribution in [3.63, 3.8) is 0 Å². The van der Waals surface area contributed by atoms with Crippen LogP contribution >= 0.6 is 0 Å². The molecule has 1 aromatic rings. The highest BCUT2D eigenvalue weighted by atomic mass is 16.6. The normalized spacial score (nSPS) is 23.9. The summed E-state index contributed by atoms with van der Waals surface area (Å²) in [5.74, 6) is -1.64. The molecule has 1 heterocycles. The van der Waals surface area contributed by atoms with E-state index in [0.717, 1.165) is 5.56 Å². The number of ketones is 1. The molecule has 90 valence electrons. The first-order chi connectivity index (χ1) is 8.18. The summed E-state index contributed by atoms with van der Waals surface area (Å²) < 4.78 is 10.4. The molecule has 1 aliphatic rings. The second-order valence-corrected chi connectivity index (χ2v) is 3.91. The van der Waals surface area contributed by atoms with E-state index >= 15 is 0 Å². The SMILES string of the molecule is O=C1C=CC(O)(COCc2ccccc2)OC1. The van der Waals surface area contributed by atoms with E-state index in [0.29, 0.717) is 6.61 Å². The molecule has 1 atom stereocenters. The van der Waals surface area contributed by atoms with E-state index in [9.17, 15) is 9.90 Å². The minimum atomic E-state index is -1.48. The molecule has 1 aromatic carbocycles. The van der Waals surface area contributed by atoms with Crippen LogP contribution < -0.4 is 0 Å². The molecule has 1 unspecified atom stereocenters. The van der Waals surface area contributed by atoms with E-state index in [1.165, 1.54) is 12.2 Å². The molecule has 0 amide bonds. The Kier molecular flexibility index (Phi) is 3.68. The Morgan fingerprint density at radius 3 is 2.76 bits per heavy atom. The van der Waals surface area contributed by atoms with Crippen molar-refractivity contribution in [1.82, 2.24) is 0 Å². The Bertz CT molecular complexity index is 413. The molecular formula is C13H14O4. The topological polar surface area (TPSA) is 55.8 Å². The van der Waals surface area contributed by atoms with Crippen LogP contribution in [0.4, 0.5) is 0 Å². The van der Waals surface area contributed by atoms with Crippen LogP contribution in [0.3, 0.4) is 0 Å². The van der Waals surface area contributed by atoms with Crippen molar-refractivity contribution in [3.8, 4) is 0 Å². The van der Waals surface area contributed by atoms with Crippen LogP contribution in [0.1, 0.15) is 5.56 Å². The van der Waals surface area contributed by atoms with Gasteiger partial charge in [-0.25, -0.2) is 0 Å². The molecule has 2 rings (SSSR count). The van der Waals surface area contributed by atoms with Gasteiger partial charge in [-0.3, -0.25) is 4.79 Å². The zero-order valence-electron chi connectivity index (χ0n) is 9.33. The molecule has 0 spiro atoms. The Hall–Kier alpha value is -1.49. The molecule has 0 bridgehead atoms. The highest BCUT2D eigenvalue weighted by Crippen LogP contribution is 2.15. The summed E-state index contributed by atoms with van der Waals surface area (Å²) in [5, 5.41) is 9.88. The standard InChI is InChI=1S/C13H14O4/c14-12-6-7-13(15,17-9-12)10-16-8-11-4-2-1-3-5-11/h1-7,15H,8-10H2. The third-order valence-corrected chi connectivity index (χ3v) is 2.41. The lowest BCUT2D eigenvalue weighted by atomic mass is 10.2. The number of rotatable bonds is 4. The first-order valence-corrected chi connectivity index (χ1v) is 5.38. The van der Waals surface area contributed by atoms with Gasteiger partial charge in [0.15, 0.2) is 5.78 Å². The number of hydrogen-bond donors (Lipinski definition) is 1. The van der Waals surface area contributed by atoms with Gasteiger partial charge in [0, 0.05) is 0 Å². The summed E-state index contributed by atoms with van der Waals surface area (Å²) in [6.45, 7) is 0.293. The Balaban J connectivity index is 1.82. The van der Waals surface area contributed by atoms with Gasteiger partial charge in [0.25, 0.3) is 0 Å². The summed E-state index contributed by atoms with van der Waals surface area (Å²) in [5.41, 5.74) is 1.02. The molecular weight excluding hydrogens is 220 g/mol. The van der Waals surface area contributed by atoms with Gasteiger partial charge in [-0.15, -0.1) is 0 Å². The van der Waals surface area contributed by atoms with Crippen molar-refractivity contribution in [3.05, 3.63) is 48.0 Å². The lowest BCUT2D eigenvalue weighted by Crippen LogP contribution is -2.39. The highest BCUT2D eigenvalue weighted by Gasteiger charge is 2.29. The van der Waals surface area contributed by atoms with Crippen LogP contribution in [0.15, 0.2) is 42.5 Å². The lowest BCUT2D eigenvalue weighted by molar-refractivity contribution is -0.204. The maximum Gasteiger partial charge on any atom is 0.210 e.